The second-order valence-electron chi connectivity index (χ2n) is 4.13. The molecule has 6 heteroatoms. The van der Waals surface area contributed by atoms with Gasteiger partial charge in [0.2, 0.25) is 0 Å². The topological polar surface area (TPSA) is 79.3 Å². The number of carboxylic acids is 1. The molecular formula is C14H11IN2O3. The maximum Gasteiger partial charge on any atom is 0.337 e. The zero-order valence-corrected chi connectivity index (χ0v) is 12.7. The molecule has 0 saturated heterocycles. The van der Waals surface area contributed by atoms with Crippen LogP contribution in [0.3, 0.4) is 0 Å². The van der Waals surface area contributed by atoms with Crippen LogP contribution in [0.15, 0.2) is 36.5 Å². The van der Waals surface area contributed by atoms with Crippen molar-refractivity contribution >= 4 is 40.3 Å². The van der Waals surface area contributed by atoms with Crippen molar-refractivity contribution in [3.05, 3.63) is 56.8 Å². The third-order valence-electron chi connectivity index (χ3n) is 2.69. The van der Waals surface area contributed by atoms with Gasteiger partial charge in [-0.15, -0.1) is 0 Å². The number of rotatable bonds is 3. The summed E-state index contributed by atoms with van der Waals surface area (Å²) in [6.45, 7) is 1.93. The van der Waals surface area contributed by atoms with E-state index in [0.29, 0.717) is 11.4 Å². The summed E-state index contributed by atoms with van der Waals surface area (Å²) in [5.41, 5.74) is 1.66. The van der Waals surface area contributed by atoms with E-state index in [1.54, 1.807) is 6.07 Å². The molecule has 2 aromatic rings. The van der Waals surface area contributed by atoms with Crippen molar-refractivity contribution in [2.24, 2.45) is 0 Å². The van der Waals surface area contributed by atoms with Gasteiger partial charge >= 0.3 is 5.97 Å². The number of nitrogens with one attached hydrogen (secondary N) is 1. The first-order valence-electron chi connectivity index (χ1n) is 5.75. The van der Waals surface area contributed by atoms with E-state index in [2.05, 4.69) is 32.9 Å². The molecule has 0 spiro atoms. The van der Waals surface area contributed by atoms with Crippen LogP contribution < -0.4 is 5.32 Å². The molecule has 5 nitrogen and oxygen atoms in total. The molecule has 1 amide bonds. The fraction of sp³-hybridized carbons (Fsp3) is 0.0714. The minimum Gasteiger partial charge on any atom is -0.478 e. The maximum absolute atomic E-state index is 12.1. The Kier molecular flexibility index (Phi) is 4.33. The molecule has 2 rings (SSSR count). The van der Waals surface area contributed by atoms with E-state index >= 15 is 0 Å². The maximum atomic E-state index is 12.1. The fourth-order valence-electron chi connectivity index (χ4n) is 1.60. The van der Waals surface area contributed by atoms with Crippen molar-refractivity contribution in [2.45, 2.75) is 6.92 Å². The normalized spacial score (nSPS) is 10.1. The molecule has 0 fully saturated rings. The van der Waals surface area contributed by atoms with E-state index in [0.717, 1.165) is 9.13 Å². The fourth-order valence-corrected chi connectivity index (χ4v) is 2.21. The lowest BCUT2D eigenvalue weighted by Crippen LogP contribution is -2.15. The lowest BCUT2D eigenvalue weighted by atomic mass is 10.1. The van der Waals surface area contributed by atoms with Gasteiger partial charge in [0.1, 0.15) is 5.82 Å². The number of hydrogen-bond donors (Lipinski definition) is 2. The second kappa shape index (κ2) is 6.00. The first-order valence-corrected chi connectivity index (χ1v) is 6.82. The van der Waals surface area contributed by atoms with E-state index in [1.807, 2.05) is 19.1 Å². The lowest BCUT2D eigenvalue weighted by Gasteiger charge is -2.08. The number of aromatic carboxylic acids is 1. The molecule has 2 N–H and O–H groups in total. The van der Waals surface area contributed by atoms with Crippen LogP contribution in [0.25, 0.3) is 0 Å². The summed E-state index contributed by atoms with van der Waals surface area (Å²) in [4.78, 5) is 26.7. The average Bonchev–Trinajstić information content (AvgIpc) is 2.42. The molecule has 0 radical (unpaired) electrons. The summed E-state index contributed by atoms with van der Waals surface area (Å²) in [5, 5.41) is 11.4. The van der Waals surface area contributed by atoms with Crippen molar-refractivity contribution < 1.29 is 14.7 Å². The highest BCUT2D eigenvalue weighted by Crippen LogP contribution is 2.18. The summed E-state index contributed by atoms with van der Waals surface area (Å²) in [5.74, 6) is -1.01. The van der Waals surface area contributed by atoms with Gasteiger partial charge in [-0.05, 0) is 53.3 Å². The molecule has 1 aromatic heterocycles. The molecule has 0 unspecified atom stereocenters. The molecule has 0 aliphatic heterocycles. The van der Waals surface area contributed by atoms with Crippen LogP contribution in [0.2, 0.25) is 0 Å². The summed E-state index contributed by atoms with van der Waals surface area (Å²) < 4.78 is 0.879. The standard InChI is InChI=1S/C14H11IN2O3/c1-8-3-2-4-10(12(8)15)13(18)17-11-6-5-9(7-16-11)14(19)20/h2-7H,1H3,(H,19,20)(H,16,17,18). The van der Waals surface area contributed by atoms with E-state index in [9.17, 15) is 9.59 Å². The van der Waals surface area contributed by atoms with Gasteiger partial charge in [0.25, 0.3) is 5.91 Å². The molecule has 0 bridgehead atoms. The Hall–Kier alpha value is -1.96. The molecular weight excluding hydrogens is 371 g/mol. The average molecular weight is 382 g/mol. The van der Waals surface area contributed by atoms with Crippen molar-refractivity contribution in [3.63, 3.8) is 0 Å². The number of aromatic nitrogens is 1. The highest BCUT2D eigenvalue weighted by atomic mass is 127. The van der Waals surface area contributed by atoms with Gasteiger partial charge in [-0.25, -0.2) is 9.78 Å². The summed E-state index contributed by atoms with van der Waals surface area (Å²) >= 11 is 2.12. The van der Waals surface area contributed by atoms with Crippen LogP contribution in [0.5, 0.6) is 0 Å². The molecule has 0 aliphatic carbocycles. The summed E-state index contributed by atoms with van der Waals surface area (Å²) in [6, 6.07) is 8.33. The largest absolute Gasteiger partial charge is 0.478 e. The monoisotopic (exact) mass is 382 g/mol. The van der Waals surface area contributed by atoms with Gasteiger partial charge in [-0.2, -0.15) is 0 Å². The van der Waals surface area contributed by atoms with Gasteiger partial charge in [-0.3, -0.25) is 4.79 Å². The van der Waals surface area contributed by atoms with E-state index in [4.69, 9.17) is 5.11 Å². The van der Waals surface area contributed by atoms with Gasteiger partial charge < -0.3 is 10.4 Å². The number of anilines is 1. The van der Waals surface area contributed by atoms with Crippen molar-refractivity contribution in [1.82, 2.24) is 4.98 Å². The number of hydrogen-bond acceptors (Lipinski definition) is 3. The Bertz CT molecular complexity index is 669. The van der Waals surface area contributed by atoms with Gasteiger partial charge in [0.15, 0.2) is 0 Å². The van der Waals surface area contributed by atoms with E-state index < -0.39 is 5.97 Å². The number of halogens is 1. The SMILES string of the molecule is Cc1cccc(C(=O)Nc2ccc(C(=O)O)cn2)c1I. The first kappa shape index (κ1) is 14.4. The van der Waals surface area contributed by atoms with E-state index in [1.165, 1.54) is 18.3 Å². The number of benzene rings is 1. The number of pyridine rings is 1. The Morgan fingerprint density at radius 2 is 2.00 bits per heavy atom. The van der Waals surface area contributed by atoms with E-state index in [-0.39, 0.29) is 11.5 Å². The van der Waals surface area contributed by atoms with Gasteiger partial charge in [0, 0.05) is 9.77 Å². The predicted molar refractivity (Wildman–Crippen MR) is 83.0 cm³/mol. The number of aryl methyl sites for hydroxylation is 1. The van der Waals surface area contributed by atoms with Crippen molar-refractivity contribution in [2.75, 3.05) is 5.32 Å². The first-order chi connectivity index (χ1) is 9.49. The molecule has 1 aromatic carbocycles. The number of carbonyl (C=O) groups is 2. The third-order valence-corrected chi connectivity index (χ3v) is 4.12. The Balaban J connectivity index is 2.19. The quantitative estimate of drug-likeness (QED) is 0.801. The molecule has 0 aliphatic rings. The van der Waals surface area contributed by atoms with Crippen LogP contribution in [0.4, 0.5) is 5.82 Å². The highest BCUT2D eigenvalue weighted by molar-refractivity contribution is 14.1. The molecule has 20 heavy (non-hydrogen) atoms. The van der Waals surface area contributed by atoms with Crippen LogP contribution in [0, 0.1) is 10.5 Å². The third kappa shape index (κ3) is 3.13. The smallest absolute Gasteiger partial charge is 0.337 e. The number of carboxylic acid groups (broad SMARTS) is 1. The summed E-state index contributed by atoms with van der Waals surface area (Å²) in [7, 11) is 0. The Labute approximate surface area is 129 Å². The van der Waals surface area contributed by atoms with Crippen LogP contribution >= 0.6 is 22.6 Å². The number of carbonyl (C=O) groups excluding carboxylic acids is 1. The predicted octanol–water partition coefficient (Wildman–Crippen LogP) is 2.95. The lowest BCUT2D eigenvalue weighted by molar-refractivity contribution is 0.0696. The van der Waals surface area contributed by atoms with Crippen LogP contribution in [-0.2, 0) is 0 Å². The van der Waals surface area contributed by atoms with Gasteiger partial charge in [-0.1, -0.05) is 12.1 Å². The minimum atomic E-state index is -1.05. The zero-order valence-electron chi connectivity index (χ0n) is 10.6. The summed E-state index contributed by atoms with van der Waals surface area (Å²) in [6.07, 6.45) is 1.21. The number of nitrogens with zero attached hydrogens (tertiary/aromatic N) is 1. The minimum absolute atomic E-state index is 0.0770. The molecule has 1 heterocycles. The van der Waals surface area contributed by atoms with Crippen molar-refractivity contribution in [1.29, 1.82) is 0 Å². The molecule has 102 valence electrons. The van der Waals surface area contributed by atoms with Crippen molar-refractivity contribution in [3.8, 4) is 0 Å². The zero-order chi connectivity index (χ0) is 14.7. The van der Waals surface area contributed by atoms with Gasteiger partial charge in [0.05, 0.1) is 11.1 Å². The molecule has 0 saturated carbocycles. The number of amides is 1. The second-order valence-corrected chi connectivity index (χ2v) is 5.21. The van der Waals surface area contributed by atoms with Crippen LogP contribution in [0.1, 0.15) is 26.3 Å². The highest BCUT2D eigenvalue weighted by Gasteiger charge is 2.12. The van der Waals surface area contributed by atoms with Crippen LogP contribution in [-0.4, -0.2) is 22.0 Å². The molecule has 0 atom stereocenters. The Morgan fingerprint density at radius 1 is 1.25 bits per heavy atom. The Morgan fingerprint density at radius 3 is 2.60 bits per heavy atom.